The van der Waals surface area contributed by atoms with Crippen molar-refractivity contribution < 1.29 is 14.6 Å². The maximum absolute atomic E-state index is 12.0. The SMILES string of the molecule is COc1ccc(NC(=O)c2cccc(O)c2)c(C)c1. The quantitative estimate of drug-likeness (QED) is 0.888. The zero-order valence-electron chi connectivity index (χ0n) is 10.8. The lowest BCUT2D eigenvalue weighted by molar-refractivity contribution is 0.102. The largest absolute Gasteiger partial charge is 0.508 e. The Morgan fingerprint density at radius 2 is 2.00 bits per heavy atom. The molecule has 1 amide bonds. The van der Waals surface area contributed by atoms with Crippen LogP contribution in [0.1, 0.15) is 15.9 Å². The molecule has 2 N–H and O–H groups in total. The first-order valence-electron chi connectivity index (χ1n) is 5.85. The van der Waals surface area contributed by atoms with E-state index in [1.807, 2.05) is 13.0 Å². The predicted octanol–water partition coefficient (Wildman–Crippen LogP) is 2.96. The van der Waals surface area contributed by atoms with Gasteiger partial charge in [-0.3, -0.25) is 4.79 Å². The van der Waals surface area contributed by atoms with Gasteiger partial charge in [0, 0.05) is 11.3 Å². The average Bonchev–Trinajstić information content (AvgIpc) is 2.41. The molecular formula is C15H15NO3. The van der Waals surface area contributed by atoms with Gasteiger partial charge < -0.3 is 15.2 Å². The molecule has 0 aliphatic carbocycles. The highest BCUT2D eigenvalue weighted by Gasteiger charge is 2.08. The van der Waals surface area contributed by atoms with Crippen LogP contribution in [-0.2, 0) is 0 Å². The molecule has 0 aliphatic heterocycles. The third-order valence-corrected chi connectivity index (χ3v) is 2.79. The van der Waals surface area contributed by atoms with E-state index < -0.39 is 0 Å². The van der Waals surface area contributed by atoms with E-state index in [0.29, 0.717) is 11.3 Å². The molecule has 0 saturated heterocycles. The maximum Gasteiger partial charge on any atom is 0.255 e. The monoisotopic (exact) mass is 257 g/mol. The van der Waals surface area contributed by atoms with Crippen LogP contribution < -0.4 is 10.1 Å². The lowest BCUT2D eigenvalue weighted by atomic mass is 10.1. The van der Waals surface area contributed by atoms with Gasteiger partial charge in [-0.15, -0.1) is 0 Å². The van der Waals surface area contributed by atoms with Gasteiger partial charge in [-0.25, -0.2) is 0 Å². The molecule has 0 aromatic heterocycles. The van der Waals surface area contributed by atoms with Crippen molar-refractivity contribution in [2.45, 2.75) is 6.92 Å². The molecule has 0 saturated carbocycles. The number of benzene rings is 2. The summed E-state index contributed by atoms with van der Waals surface area (Å²) in [5, 5.41) is 12.2. The summed E-state index contributed by atoms with van der Waals surface area (Å²) in [6.45, 7) is 1.89. The second-order valence-electron chi connectivity index (χ2n) is 4.19. The minimum Gasteiger partial charge on any atom is -0.508 e. The van der Waals surface area contributed by atoms with Gasteiger partial charge in [0.1, 0.15) is 11.5 Å². The number of hydrogen-bond acceptors (Lipinski definition) is 3. The molecule has 0 atom stereocenters. The minimum absolute atomic E-state index is 0.0686. The Balaban J connectivity index is 2.19. The third-order valence-electron chi connectivity index (χ3n) is 2.79. The van der Waals surface area contributed by atoms with Gasteiger partial charge in [0.2, 0.25) is 0 Å². The predicted molar refractivity (Wildman–Crippen MR) is 73.8 cm³/mol. The van der Waals surface area contributed by atoms with Gasteiger partial charge in [0.15, 0.2) is 0 Å². The molecule has 0 aliphatic rings. The number of phenols is 1. The molecule has 2 aromatic carbocycles. The number of phenolic OH excluding ortho intramolecular Hbond substituents is 1. The lowest BCUT2D eigenvalue weighted by Gasteiger charge is -2.10. The molecule has 0 spiro atoms. The normalized spacial score (nSPS) is 10.0. The average molecular weight is 257 g/mol. The standard InChI is InChI=1S/C15H15NO3/c1-10-8-13(19-2)6-7-14(10)16-15(18)11-4-3-5-12(17)9-11/h3-9,17H,1-2H3,(H,16,18). The number of methoxy groups -OCH3 is 1. The third kappa shape index (κ3) is 3.04. The van der Waals surface area contributed by atoms with Gasteiger partial charge in [0.05, 0.1) is 7.11 Å². The first-order chi connectivity index (χ1) is 9.10. The van der Waals surface area contributed by atoms with Gasteiger partial charge in [-0.05, 0) is 48.9 Å². The van der Waals surface area contributed by atoms with Gasteiger partial charge >= 0.3 is 0 Å². The Bertz CT molecular complexity index is 608. The van der Waals surface area contributed by atoms with E-state index in [4.69, 9.17) is 4.74 Å². The topological polar surface area (TPSA) is 58.6 Å². The van der Waals surface area contributed by atoms with Crippen LogP contribution in [0.3, 0.4) is 0 Å². The molecule has 0 unspecified atom stereocenters. The van der Waals surface area contributed by atoms with Gasteiger partial charge in [-0.1, -0.05) is 6.07 Å². The summed E-state index contributed by atoms with van der Waals surface area (Å²) in [5.41, 5.74) is 2.04. The van der Waals surface area contributed by atoms with E-state index >= 15 is 0 Å². The summed E-state index contributed by atoms with van der Waals surface area (Å²) in [6, 6.07) is 11.6. The Kier molecular flexibility index (Phi) is 3.71. The molecule has 2 rings (SSSR count). The molecule has 0 heterocycles. The number of hydrogen-bond donors (Lipinski definition) is 2. The highest BCUT2D eigenvalue weighted by Crippen LogP contribution is 2.22. The lowest BCUT2D eigenvalue weighted by Crippen LogP contribution is -2.12. The highest BCUT2D eigenvalue weighted by atomic mass is 16.5. The number of nitrogens with one attached hydrogen (secondary N) is 1. The number of amides is 1. The molecule has 0 fully saturated rings. The van der Waals surface area contributed by atoms with Crippen LogP contribution in [0, 0.1) is 6.92 Å². The summed E-state index contributed by atoms with van der Waals surface area (Å²) in [7, 11) is 1.60. The Morgan fingerprint density at radius 1 is 1.21 bits per heavy atom. The maximum atomic E-state index is 12.0. The van der Waals surface area contributed by atoms with E-state index in [9.17, 15) is 9.90 Å². The molecule has 19 heavy (non-hydrogen) atoms. The fourth-order valence-electron chi connectivity index (χ4n) is 1.75. The number of rotatable bonds is 3. The van der Waals surface area contributed by atoms with E-state index in [0.717, 1.165) is 11.3 Å². The first-order valence-corrected chi connectivity index (χ1v) is 5.85. The first kappa shape index (κ1) is 13.0. The molecule has 0 bridgehead atoms. The fraction of sp³-hybridized carbons (Fsp3) is 0.133. The minimum atomic E-state index is -0.260. The Hall–Kier alpha value is -2.49. The van der Waals surface area contributed by atoms with Crippen molar-refractivity contribution >= 4 is 11.6 Å². The zero-order chi connectivity index (χ0) is 13.8. The second-order valence-corrected chi connectivity index (χ2v) is 4.19. The molecular weight excluding hydrogens is 242 g/mol. The smallest absolute Gasteiger partial charge is 0.255 e. The molecule has 0 radical (unpaired) electrons. The second kappa shape index (κ2) is 5.44. The summed E-state index contributed by atoms with van der Waals surface area (Å²) in [6.07, 6.45) is 0. The van der Waals surface area contributed by atoms with E-state index in [2.05, 4.69) is 5.32 Å². The van der Waals surface area contributed by atoms with Crippen molar-refractivity contribution in [2.75, 3.05) is 12.4 Å². The zero-order valence-corrected chi connectivity index (χ0v) is 10.8. The van der Waals surface area contributed by atoms with Crippen LogP contribution in [0.5, 0.6) is 11.5 Å². The van der Waals surface area contributed by atoms with E-state index in [1.54, 1.807) is 31.4 Å². The van der Waals surface area contributed by atoms with Gasteiger partial charge in [0.25, 0.3) is 5.91 Å². The Labute approximate surface area is 111 Å². The molecule has 2 aromatic rings. The summed E-state index contributed by atoms with van der Waals surface area (Å²) < 4.78 is 5.11. The number of carbonyl (C=O) groups is 1. The molecule has 4 nitrogen and oxygen atoms in total. The van der Waals surface area contributed by atoms with Gasteiger partial charge in [-0.2, -0.15) is 0 Å². The van der Waals surface area contributed by atoms with Crippen molar-refractivity contribution in [3.8, 4) is 11.5 Å². The van der Waals surface area contributed by atoms with Crippen molar-refractivity contribution in [3.63, 3.8) is 0 Å². The van der Waals surface area contributed by atoms with Crippen LogP contribution in [0.4, 0.5) is 5.69 Å². The van der Waals surface area contributed by atoms with Crippen LogP contribution in [0.2, 0.25) is 0 Å². The van der Waals surface area contributed by atoms with Crippen molar-refractivity contribution in [3.05, 3.63) is 53.6 Å². The van der Waals surface area contributed by atoms with Crippen LogP contribution in [0.15, 0.2) is 42.5 Å². The van der Waals surface area contributed by atoms with E-state index in [-0.39, 0.29) is 11.7 Å². The van der Waals surface area contributed by atoms with E-state index in [1.165, 1.54) is 12.1 Å². The molecule has 4 heteroatoms. The summed E-state index contributed by atoms with van der Waals surface area (Å²) >= 11 is 0. The summed E-state index contributed by atoms with van der Waals surface area (Å²) in [4.78, 5) is 12.0. The highest BCUT2D eigenvalue weighted by molar-refractivity contribution is 6.04. The number of aryl methyl sites for hydroxylation is 1. The van der Waals surface area contributed by atoms with Crippen molar-refractivity contribution in [1.82, 2.24) is 0 Å². The number of ether oxygens (including phenoxy) is 1. The van der Waals surface area contributed by atoms with Crippen LogP contribution in [-0.4, -0.2) is 18.1 Å². The number of anilines is 1. The fourth-order valence-corrected chi connectivity index (χ4v) is 1.75. The molecule has 98 valence electrons. The number of aromatic hydroxyl groups is 1. The van der Waals surface area contributed by atoms with Crippen molar-refractivity contribution in [2.24, 2.45) is 0 Å². The Morgan fingerprint density at radius 3 is 2.63 bits per heavy atom. The van der Waals surface area contributed by atoms with Crippen LogP contribution >= 0.6 is 0 Å². The van der Waals surface area contributed by atoms with Crippen molar-refractivity contribution in [1.29, 1.82) is 0 Å². The number of carbonyl (C=O) groups excluding carboxylic acids is 1. The van der Waals surface area contributed by atoms with Crippen LogP contribution in [0.25, 0.3) is 0 Å². The summed E-state index contributed by atoms with van der Waals surface area (Å²) in [5.74, 6) is 0.552.